The number of para-hydroxylation sites is 1. The van der Waals surface area contributed by atoms with E-state index in [1.54, 1.807) is 4.68 Å². The third-order valence-corrected chi connectivity index (χ3v) is 6.79. The average Bonchev–Trinajstić information content (AvgIpc) is 3.33. The Morgan fingerprint density at radius 1 is 0.818 bits per heavy atom. The number of benzene rings is 2. The number of tetrazole rings is 1. The van der Waals surface area contributed by atoms with Crippen molar-refractivity contribution in [2.24, 2.45) is 0 Å². The molecule has 1 aromatic heterocycles. The second-order valence-corrected chi connectivity index (χ2v) is 9.49. The lowest BCUT2D eigenvalue weighted by Crippen LogP contribution is -2.05. The molecule has 0 N–H and O–H groups in total. The summed E-state index contributed by atoms with van der Waals surface area (Å²) in [4.78, 5) is 12.6. The maximum Gasteiger partial charge on any atom is 0.214 e. The third kappa shape index (κ3) is 8.77. The third-order valence-electron chi connectivity index (χ3n) is 5.87. The second-order valence-electron chi connectivity index (χ2n) is 8.55. The molecule has 0 amide bonds. The van der Waals surface area contributed by atoms with E-state index in [0.717, 1.165) is 17.7 Å². The Labute approximate surface area is 202 Å². The van der Waals surface area contributed by atoms with E-state index >= 15 is 0 Å². The van der Waals surface area contributed by atoms with Crippen LogP contribution >= 0.6 is 11.8 Å². The number of rotatable bonds is 16. The van der Waals surface area contributed by atoms with Crippen molar-refractivity contribution in [3.63, 3.8) is 0 Å². The van der Waals surface area contributed by atoms with Crippen LogP contribution in [0.5, 0.6) is 0 Å². The van der Waals surface area contributed by atoms with Gasteiger partial charge in [0.15, 0.2) is 5.78 Å². The standard InChI is InChI=1S/C27H36N4OS/c1-2-3-4-5-6-7-8-9-10-12-15-23-18-20-24(21-19-23)26(32)22-33-27-28-29-30-31(27)25-16-13-11-14-17-25/h11,13-14,16-21H,2-10,12,15,22H2,1H3. The van der Waals surface area contributed by atoms with Crippen molar-refractivity contribution in [3.05, 3.63) is 65.7 Å². The van der Waals surface area contributed by atoms with Gasteiger partial charge in [0.1, 0.15) is 0 Å². The quantitative estimate of drug-likeness (QED) is 0.128. The number of hydrogen-bond donors (Lipinski definition) is 0. The van der Waals surface area contributed by atoms with Crippen LogP contribution in [0, 0.1) is 0 Å². The highest BCUT2D eigenvalue weighted by atomic mass is 32.2. The van der Waals surface area contributed by atoms with E-state index in [9.17, 15) is 4.79 Å². The molecule has 0 saturated heterocycles. The number of ketones is 1. The Kier molecular flexibility index (Phi) is 11.2. The normalized spacial score (nSPS) is 11.1. The van der Waals surface area contributed by atoms with Gasteiger partial charge in [-0.15, -0.1) is 5.10 Å². The fourth-order valence-electron chi connectivity index (χ4n) is 3.89. The van der Waals surface area contributed by atoms with E-state index in [1.807, 2.05) is 42.5 Å². The summed E-state index contributed by atoms with van der Waals surface area (Å²) in [6.45, 7) is 2.27. The molecule has 0 aliphatic carbocycles. The van der Waals surface area contributed by atoms with Gasteiger partial charge in [0.2, 0.25) is 5.16 Å². The lowest BCUT2D eigenvalue weighted by molar-refractivity contribution is 0.102. The van der Waals surface area contributed by atoms with Crippen molar-refractivity contribution in [3.8, 4) is 5.69 Å². The molecule has 0 spiro atoms. The number of carbonyl (C=O) groups is 1. The lowest BCUT2D eigenvalue weighted by atomic mass is 10.0. The molecular formula is C27H36N4OS. The first-order valence-corrected chi connectivity index (χ1v) is 13.3. The molecule has 2 aromatic carbocycles. The number of hydrogen-bond acceptors (Lipinski definition) is 5. The molecule has 0 fully saturated rings. The van der Waals surface area contributed by atoms with Crippen LogP contribution in [-0.2, 0) is 6.42 Å². The van der Waals surface area contributed by atoms with E-state index in [1.165, 1.54) is 81.5 Å². The molecule has 3 rings (SSSR count). The number of aromatic nitrogens is 4. The molecule has 0 aliphatic rings. The van der Waals surface area contributed by atoms with Crippen molar-refractivity contribution in [1.82, 2.24) is 20.2 Å². The van der Waals surface area contributed by atoms with Crippen molar-refractivity contribution in [2.75, 3.05) is 5.75 Å². The van der Waals surface area contributed by atoms with Crippen LogP contribution in [0.4, 0.5) is 0 Å². The highest BCUT2D eigenvalue weighted by Crippen LogP contribution is 2.20. The predicted molar refractivity (Wildman–Crippen MR) is 136 cm³/mol. The largest absolute Gasteiger partial charge is 0.293 e. The Morgan fingerprint density at radius 2 is 1.45 bits per heavy atom. The smallest absolute Gasteiger partial charge is 0.214 e. The first kappa shape index (κ1) is 25.2. The van der Waals surface area contributed by atoms with Gasteiger partial charge in [-0.1, -0.05) is 119 Å². The molecule has 6 heteroatoms. The molecule has 3 aromatic rings. The van der Waals surface area contributed by atoms with Crippen LogP contribution in [0.1, 0.15) is 87.1 Å². The van der Waals surface area contributed by atoms with Crippen LogP contribution in [0.25, 0.3) is 5.69 Å². The summed E-state index contributed by atoms with van der Waals surface area (Å²) >= 11 is 1.36. The summed E-state index contributed by atoms with van der Waals surface area (Å²) in [7, 11) is 0. The SMILES string of the molecule is CCCCCCCCCCCCc1ccc(C(=O)CSc2nnnn2-c2ccccc2)cc1. The number of Topliss-reactive ketones (excluding diaryl/α,β-unsaturated/α-hetero) is 1. The number of aryl methyl sites for hydroxylation is 1. The minimum Gasteiger partial charge on any atom is -0.293 e. The maximum absolute atomic E-state index is 12.6. The highest BCUT2D eigenvalue weighted by molar-refractivity contribution is 7.99. The molecule has 0 aliphatic heterocycles. The van der Waals surface area contributed by atoms with E-state index in [2.05, 4.69) is 34.6 Å². The van der Waals surface area contributed by atoms with Gasteiger partial charge in [0.05, 0.1) is 11.4 Å². The molecular weight excluding hydrogens is 428 g/mol. The molecule has 176 valence electrons. The van der Waals surface area contributed by atoms with Crippen LogP contribution < -0.4 is 0 Å². The number of thioether (sulfide) groups is 1. The van der Waals surface area contributed by atoms with Crippen molar-refractivity contribution in [1.29, 1.82) is 0 Å². The summed E-state index contributed by atoms with van der Waals surface area (Å²) in [5.41, 5.74) is 2.94. The van der Waals surface area contributed by atoms with Gasteiger partial charge in [-0.25, -0.2) is 0 Å². The van der Waals surface area contributed by atoms with E-state index in [4.69, 9.17) is 0 Å². The van der Waals surface area contributed by atoms with E-state index in [0.29, 0.717) is 10.9 Å². The minimum atomic E-state index is 0.0908. The predicted octanol–water partition coefficient (Wildman–Crippen LogP) is 7.10. The molecule has 0 atom stereocenters. The van der Waals surface area contributed by atoms with Gasteiger partial charge >= 0.3 is 0 Å². The average molecular weight is 465 g/mol. The van der Waals surface area contributed by atoms with Gasteiger partial charge in [-0.05, 0) is 41.0 Å². The molecule has 0 saturated carbocycles. The molecule has 0 unspecified atom stereocenters. The van der Waals surface area contributed by atoms with Gasteiger partial charge in [-0.2, -0.15) is 4.68 Å². The van der Waals surface area contributed by atoms with Crippen LogP contribution in [-0.4, -0.2) is 31.7 Å². The zero-order valence-electron chi connectivity index (χ0n) is 19.8. The van der Waals surface area contributed by atoms with E-state index in [-0.39, 0.29) is 5.78 Å². The van der Waals surface area contributed by atoms with Gasteiger partial charge in [0.25, 0.3) is 0 Å². The molecule has 0 radical (unpaired) electrons. The summed E-state index contributed by atoms with van der Waals surface area (Å²) in [6.07, 6.45) is 14.6. The monoisotopic (exact) mass is 464 g/mol. The molecule has 1 heterocycles. The molecule has 0 bridgehead atoms. The van der Waals surface area contributed by atoms with Crippen molar-refractivity contribution < 1.29 is 4.79 Å². The fraction of sp³-hybridized carbons (Fsp3) is 0.481. The number of carbonyl (C=O) groups excluding carboxylic acids is 1. The lowest BCUT2D eigenvalue weighted by Gasteiger charge is -2.06. The maximum atomic E-state index is 12.6. The van der Waals surface area contributed by atoms with Crippen molar-refractivity contribution in [2.45, 2.75) is 82.7 Å². The Bertz CT molecular complexity index is 940. The first-order valence-electron chi connectivity index (χ1n) is 12.4. The first-order chi connectivity index (χ1) is 16.3. The van der Waals surface area contributed by atoms with Gasteiger partial charge in [-0.3, -0.25) is 4.79 Å². The number of nitrogens with zero attached hydrogens (tertiary/aromatic N) is 4. The molecule has 33 heavy (non-hydrogen) atoms. The minimum absolute atomic E-state index is 0.0908. The molecule has 5 nitrogen and oxygen atoms in total. The zero-order chi connectivity index (χ0) is 23.1. The summed E-state index contributed by atoms with van der Waals surface area (Å²) in [6, 6.07) is 17.8. The van der Waals surface area contributed by atoms with Crippen LogP contribution in [0.2, 0.25) is 0 Å². The van der Waals surface area contributed by atoms with Crippen LogP contribution in [0.15, 0.2) is 59.8 Å². The Balaban J connectivity index is 1.34. The highest BCUT2D eigenvalue weighted by Gasteiger charge is 2.12. The second kappa shape index (κ2) is 14.6. The fourth-order valence-corrected chi connectivity index (χ4v) is 4.67. The Morgan fingerprint density at radius 3 is 2.12 bits per heavy atom. The summed E-state index contributed by atoms with van der Waals surface area (Å²) in [5.74, 6) is 0.401. The van der Waals surface area contributed by atoms with E-state index < -0.39 is 0 Å². The van der Waals surface area contributed by atoms with Gasteiger partial charge in [0, 0.05) is 5.56 Å². The zero-order valence-corrected chi connectivity index (χ0v) is 20.6. The summed E-state index contributed by atoms with van der Waals surface area (Å²) < 4.78 is 1.66. The number of unbranched alkanes of at least 4 members (excludes halogenated alkanes) is 9. The van der Waals surface area contributed by atoms with Gasteiger partial charge < -0.3 is 0 Å². The van der Waals surface area contributed by atoms with Crippen LogP contribution in [0.3, 0.4) is 0 Å². The Hall–Kier alpha value is -2.47. The summed E-state index contributed by atoms with van der Waals surface area (Å²) in [5, 5.41) is 12.5. The van der Waals surface area contributed by atoms with Crippen molar-refractivity contribution >= 4 is 17.5 Å². The topological polar surface area (TPSA) is 60.7 Å².